The maximum Gasteiger partial charge on any atom is 0.269 e. The van der Waals surface area contributed by atoms with Crippen LogP contribution in [0.2, 0.25) is 0 Å². The Labute approximate surface area is 171 Å². The van der Waals surface area contributed by atoms with Crippen LogP contribution >= 0.6 is 15.9 Å². The topological polar surface area (TPSA) is 72.2 Å². The van der Waals surface area contributed by atoms with Gasteiger partial charge in [-0.1, -0.05) is 46.3 Å². The standard InChI is InChI=1S/C22H17BrN2O3/c1-15-13-18(9-12-21(15)23)24-22(26)20(17-5-3-2-4-6-17)14-16-7-10-19(11-8-16)25(27)28/h2-14H,1H3,(H,24,26)/b20-14+. The molecule has 0 aliphatic carbocycles. The summed E-state index contributed by atoms with van der Waals surface area (Å²) in [6, 6.07) is 21.0. The van der Waals surface area contributed by atoms with Crippen LogP contribution in [-0.4, -0.2) is 10.8 Å². The second kappa shape index (κ2) is 8.63. The number of carbonyl (C=O) groups excluding carboxylic acids is 1. The van der Waals surface area contributed by atoms with Crippen molar-refractivity contribution in [3.63, 3.8) is 0 Å². The highest BCUT2D eigenvalue weighted by atomic mass is 79.9. The molecule has 5 nitrogen and oxygen atoms in total. The SMILES string of the molecule is Cc1cc(NC(=O)/C(=C/c2ccc([N+](=O)[O-])cc2)c2ccccc2)ccc1Br. The zero-order valence-corrected chi connectivity index (χ0v) is 16.6. The number of carbonyl (C=O) groups is 1. The van der Waals surface area contributed by atoms with Gasteiger partial charge in [0, 0.05) is 27.9 Å². The lowest BCUT2D eigenvalue weighted by Gasteiger charge is -2.11. The Balaban J connectivity index is 1.95. The van der Waals surface area contributed by atoms with Crippen molar-refractivity contribution in [3.05, 3.63) is 104 Å². The molecular weight excluding hydrogens is 420 g/mol. The zero-order valence-electron chi connectivity index (χ0n) is 15.1. The number of non-ortho nitro benzene ring substituents is 1. The van der Waals surface area contributed by atoms with E-state index in [0.717, 1.165) is 15.6 Å². The van der Waals surface area contributed by atoms with Crippen LogP contribution in [0, 0.1) is 17.0 Å². The van der Waals surface area contributed by atoms with Gasteiger partial charge in [-0.15, -0.1) is 0 Å². The van der Waals surface area contributed by atoms with Crippen molar-refractivity contribution in [3.8, 4) is 0 Å². The summed E-state index contributed by atoms with van der Waals surface area (Å²) in [6.07, 6.45) is 1.72. The third-order valence-electron chi connectivity index (χ3n) is 4.16. The van der Waals surface area contributed by atoms with Crippen molar-refractivity contribution in [2.75, 3.05) is 5.32 Å². The average molecular weight is 437 g/mol. The molecule has 0 unspecified atom stereocenters. The van der Waals surface area contributed by atoms with Gasteiger partial charge in [-0.25, -0.2) is 0 Å². The van der Waals surface area contributed by atoms with E-state index in [-0.39, 0.29) is 11.6 Å². The minimum absolute atomic E-state index is 0.00759. The van der Waals surface area contributed by atoms with Crippen molar-refractivity contribution in [2.24, 2.45) is 0 Å². The molecule has 0 saturated heterocycles. The number of hydrogen-bond donors (Lipinski definition) is 1. The summed E-state index contributed by atoms with van der Waals surface area (Å²) >= 11 is 3.45. The van der Waals surface area contributed by atoms with Crippen LogP contribution in [0.3, 0.4) is 0 Å². The fourth-order valence-electron chi connectivity index (χ4n) is 2.68. The Bertz CT molecular complexity index is 1050. The minimum atomic E-state index is -0.450. The van der Waals surface area contributed by atoms with Gasteiger partial charge in [-0.3, -0.25) is 14.9 Å². The first kappa shape index (κ1) is 19.5. The second-order valence-corrected chi connectivity index (χ2v) is 7.05. The highest BCUT2D eigenvalue weighted by Crippen LogP contribution is 2.24. The van der Waals surface area contributed by atoms with Crippen LogP contribution in [-0.2, 0) is 4.79 Å². The van der Waals surface area contributed by atoms with Gasteiger partial charge in [0.1, 0.15) is 0 Å². The summed E-state index contributed by atoms with van der Waals surface area (Å²) in [5, 5.41) is 13.8. The van der Waals surface area contributed by atoms with Crippen molar-refractivity contribution >= 4 is 44.9 Å². The van der Waals surface area contributed by atoms with Crippen LogP contribution in [0.5, 0.6) is 0 Å². The molecule has 0 aliphatic rings. The van der Waals surface area contributed by atoms with E-state index in [2.05, 4.69) is 21.2 Å². The highest BCUT2D eigenvalue weighted by Gasteiger charge is 2.13. The predicted octanol–water partition coefficient (Wildman–Crippen LogP) is 5.85. The molecule has 3 aromatic carbocycles. The van der Waals surface area contributed by atoms with Crippen LogP contribution in [0.15, 0.2) is 77.3 Å². The number of aryl methyl sites for hydroxylation is 1. The van der Waals surface area contributed by atoms with E-state index in [1.54, 1.807) is 18.2 Å². The van der Waals surface area contributed by atoms with E-state index in [4.69, 9.17) is 0 Å². The van der Waals surface area contributed by atoms with Gasteiger partial charge in [-0.2, -0.15) is 0 Å². The monoisotopic (exact) mass is 436 g/mol. The van der Waals surface area contributed by atoms with Gasteiger partial charge in [0.2, 0.25) is 0 Å². The first-order valence-electron chi connectivity index (χ1n) is 8.53. The Morgan fingerprint density at radius 3 is 2.32 bits per heavy atom. The van der Waals surface area contributed by atoms with Gasteiger partial charge >= 0.3 is 0 Å². The fraction of sp³-hybridized carbons (Fsp3) is 0.0455. The van der Waals surface area contributed by atoms with E-state index in [1.165, 1.54) is 12.1 Å². The quantitative estimate of drug-likeness (QED) is 0.236. The zero-order chi connectivity index (χ0) is 20.1. The molecule has 0 aromatic heterocycles. The predicted molar refractivity (Wildman–Crippen MR) is 115 cm³/mol. The third kappa shape index (κ3) is 4.72. The summed E-state index contributed by atoms with van der Waals surface area (Å²) in [7, 11) is 0. The number of nitrogens with zero attached hydrogens (tertiary/aromatic N) is 1. The molecule has 0 heterocycles. The average Bonchev–Trinajstić information content (AvgIpc) is 2.70. The van der Waals surface area contributed by atoms with E-state index in [0.29, 0.717) is 16.8 Å². The van der Waals surface area contributed by atoms with Gasteiger partial charge in [-0.05, 0) is 60.0 Å². The lowest BCUT2D eigenvalue weighted by molar-refractivity contribution is -0.384. The van der Waals surface area contributed by atoms with E-state index in [9.17, 15) is 14.9 Å². The molecule has 0 saturated carbocycles. The number of anilines is 1. The van der Waals surface area contributed by atoms with E-state index >= 15 is 0 Å². The first-order chi connectivity index (χ1) is 13.4. The van der Waals surface area contributed by atoms with Crippen molar-refractivity contribution in [1.29, 1.82) is 0 Å². The Kier molecular flexibility index (Phi) is 6.01. The number of benzene rings is 3. The van der Waals surface area contributed by atoms with Crippen LogP contribution in [0.1, 0.15) is 16.7 Å². The van der Waals surface area contributed by atoms with Gasteiger partial charge < -0.3 is 5.32 Å². The highest BCUT2D eigenvalue weighted by molar-refractivity contribution is 9.10. The van der Waals surface area contributed by atoms with Crippen LogP contribution in [0.4, 0.5) is 11.4 Å². The largest absolute Gasteiger partial charge is 0.322 e. The number of nitrogens with one attached hydrogen (secondary N) is 1. The smallest absolute Gasteiger partial charge is 0.269 e. The first-order valence-corrected chi connectivity index (χ1v) is 9.32. The molecule has 6 heteroatoms. The molecule has 0 radical (unpaired) electrons. The number of rotatable bonds is 5. The molecule has 0 aliphatic heterocycles. The molecule has 28 heavy (non-hydrogen) atoms. The molecule has 3 rings (SSSR count). The lowest BCUT2D eigenvalue weighted by atomic mass is 10.0. The van der Waals surface area contributed by atoms with Gasteiger partial charge in [0.15, 0.2) is 0 Å². The maximum absolute atomic E-state index is 13.0. The van der Waals surface area contributed by atoms with Crippen molar-refractivity contribution in [2.45, 2.75) is 6.92 Å². The summed E-state index contributed by atoms with van der Waals surface area (Å²) in [5.74, 6) is -0.258. The summed E-state index contributed by atoms with van der Waals surface area (Å²) < 4.78 is 0.968. The van der Waals surface area contributed by atoms with E-state index < -0.39 is 4.92 Å². The fourth-order valence-corrected chi connectivity index (χ4v) is 2.92. The van der Waals surface area contributed by atoms with Crippen molar-refractivity contribution in [1.82, 2.24) is 0 Å². The number of halogens is 1. The van der Waals surface area contributed by atoms with Crippen LogP contribution < -0.4 is 5.32 Å². The Morgan fingerprint density at radius 1 is 1.04 bits per heavy atom. The third-order valence-corrected chi connectivity index (χ3v) is 5.05. The van der Waals surface area contributed by atoms with E-state index in [1.807, 2.05) is 55.5 Å². The molecule has 1 N–H and O–H groups in total. The Morgan fingerprint density at radius 2 is 1.71 bits per heavy atom. The summed E-state index contributed by atoms with van der Waals surface area (Å²) in [5.41, 5.74) is 3.64. The summed E-state index contributed by atoms with van der Waals surface area (Å²) in [6.45, 7) is 1.95. The number of hydrogen-bond acceptors (Lipinski definition) is 3. The van der Waals surface area contributed by atoms with Crippen LogP contribution in [0.25, 0.3) is 11.6 Å². The molecule has 0 fully saturated rings. The Hall–Kier alpha value is -3.25. The number of nitro benzene ring substituents is 1. The van der Waals surface area contributed by atoms with Gasteiger partial charge in [0.25, 0.3) is 11.6 Å². The normalized spacial score (nSPS) is 11.1. The van der Waals surface area contributed by atoms with Crippen molar-refractivity contribution < 1.29 is 9.72 Å². The molecule has 3 aromatic rings. The summed E-state index contributed by atoms with van der Waals surface area (Å²) in [4.78, 5) is 23.4. The molecular formula is C22H17BrN2O3. The molecule has 0 atom stereocenters. The molecule has 0 spiro atoms. The number of nitro groups is 1. The molecule has 0 bridgehead atoms. The van der Waals surface area contributed by atoms with Gasteiger partial charge in [0.05, 0.1) is 4.92 Å². The second-order valence-electron chi connectivity index (χ2n) is 6.19. The molecule has 140 valence electrons. The minimum Gasteiger partial charge on any atom is -0.322 e. The molecule has 1 amide bonds. The number of amides is 1. The maximum atomic E-state index is 13.0. The lowest BCUT2D eigenvalue weighted by Crippen LogP contribution is -2.13.